The summed E-state index contributed by atoms with van der Waals surface area (Å²) in [6.07, 6.45) is 0.690. The summed E-state index contributed by atoms with van der Waals surface area (Å²) in [4.78, 5) is 9.37. The first-order valence-corrected chi connectivity index (χ1v) is 7.23. The highest BCUT2D eigenvalue weighted by molar-refractivity contribution is 7.47. The van der Waals surface area contributed by atoms with Gasteiger partial charge in [0.2, 0.25) is 0 Å². The molecule has 0 aromatic rings. The van der Waals surface area contributed by atoms with E-state index in [1.165, 1.54) is 0 Å². The molecule has 0 heterocycles. The smallest absolute Gasteiger partial charge is 0.396 e. The van der Waals surface area contributed by atoms with Crippen LogP contribution in [0.25, 0.3) is 0 Å². The number of hydrogen-bond acceptors (Lipinski definition) is 4. The topological polar surface area (TPSA) is 76.0 Å². The molecular weight excluding hydrogens is 245 g/mol. The molecule has 0 saturated carbocycles. The van der Waals surface area contributed by atoms with Crippen LogP contribution in [-0.4, -0.2) is 62.0 Å². The van der Waals surface area contributed by atoms with E-state index in [1.807, 2.05) is 28.1 Å². The molecule has 0 aliphatic carbocycles. The number of aliphatic hydroxyl groups excluding tert-OH is 1. The van der Waals surface area contributed by atoms with Crippen LogP contribution in [0.4, 0.5) is 0 Å². The van der Waals surface area contributed by atoms with Gasteiger partial charge in [-0.2, -0.15) is 0 Å². The lowest BCUT2D eigenvalue weighted by Gasteiger charge is -2.24. The summed E-state index contributed by atoms with van der Waals surface area (Å²) < 4.78 is 21.8. The Morgan fingerprint density at radius 2 is 1.88 bits per heavy atom. The first kappa shape index (κ1) is 17.0. The normalized spacial score (nSPS) is 17.8. The summed E-state index contributed by atoms with van der Waals surface area (Å²) in [7, 11) is 1.91. The van der Waals surface area contributed by atoms with E-state index in [1.54, 1.807) is 0 Å². The largest absolute Gasteiger partial charge is 0.472 e. The molecule has 104 valence electrons. The number of aliphatic hydroxyl groups is 1. The van der Waals surface area contributed by atoms with Crippen LogP contribution in [0, 0.1) is 5.92 Å². The average molecular weight is 270 g/mol. The van der Waals surface area contributed by atoms with E-state index in [4.69, 9.17) is 14.2 Å². The molecule has 2 N–H and O–H groups in total. The number of hydrogen-bond donors (Lipinski definition) is 2. The van der Waals surface area contributed by atoms with Crippen LogP contribution in [0.15, 0.2) is 0 Å². The molecule has 0 saturated heterocycles. The molecule has 0 spiro atoms. The number of phosphoric acid groups is 1. The van der Waals surface area contributed by atoms with Gasteiger partial charge < -0.3 is 14.5 Å². The van der Waals surface area contributed by atoms with Gasteiger partial charge in [0.05, 0.1) is 27.7 Å². The van der Waals surface area contributed by atoms with Crippen LogP contribution < -0.4 is 0 Å². The quantitative estimate of drug-likeness (QED) is 0.480. The molecule has 6 nitrogen and oxygen atoms in total. The van der Waals surface area contributed by atoms with E-state index in [2.05, 4.69) is 0 Å². The Morgan fingerprint density at radius 3 is 2.29 bits per heavy atom. The third kappa shape index (κ3) is 9.71. The zero-order chi connectivity index (χ0) is 13.5. The number of likely N-dealkylation sites (N-methyl/N-ethyl adjacent to an activating group) is 1. The highest BCUT2D eigenvalue weighted by Gasteiger charge is 2.23. The van der Waals surface area contributed by atoms with E-state index in [0.717, 1.165) is 0 Å². The standard InChI is InChI=1S/C10H24NO5P/c1-5-10(8-12)9-16-17(13,14)15-7-6-11(2,3)4/h10,12H,5-9H2,1-4H3/p+1. The van der Waals surface area contributed by atoms with Crippen molar-refractivity contribution in [3.8, 4) is 0 Å². The van der Waals surface area contributed by atoms with Crippen molar-refractivity contribution < 1.29 is 28.1 Å². The van der Waals surface area contributed by atoms with Crippen LogP contribution in [0.5, 0.6) is 0 Å². The minimum absolute atomic E-state index is 0.0329. The molecule has 0 aliphatic heterocycles. The van der Waals surface area contributed by atoms with Crippen LogP contribution in [0.2, 0.25) is 0 Å². The van der Waals surface area contributed by atoms with Crippen LogP contribution >= 0.6 is 7.82 Å². The molecule has 0 bridgehead atoms. The second-order valence-corrected chi connectivity index (χ2v) is 6.52. The molecule has 0 aromatic heterocycles. The third-order valence-electron chi connectivity index (χ3n) is 2.33. The van der Waals surface area contributed by atoms with Gasteiger partial charge in [0.15, 0.2) is 0 Å². The number of phosphoric ester groups is 1. The number of nitrogens with zero attached hydrogens (tertiary/aromatic N) is 1. The fraction of sp³-hybridized carbons (Fsp3) is 1.00. The molecule has 0 fully saturated rings. The molecule has 0 rings (SSSR count). The van der Waals surface area contributed by atoms with Crippen LogP contribution in [0.3, 0.4) is 0 Å². The molecule has 0 aromatic carbocycles. The zero-order valence-corrected chi connectivity index (χ0v) is 12.0. The van der Waals surface area contributed by atoms with Crippen molar-refractivity contribution in [3.63, 3.8) is 0 Å². The fourth-order valence-electron chi connectivity index (χ4n) is 0.967. The van der Waals surface area contributed by atoms with Gasteiger partial charge in [0.25, 0.3) is 0 Å². The van der Waals surface area contributed by atoms with Crippen molar-refractivity contribution in [3.05, 3.63) is 0 Å². The third-order valence-corrected chi connectivity index (χ3v) is 3.31. The van der Waals surface area contributed by atoms with Gasteiger partial charge in [0, 0.05) is 12.5 Å². The Labute approximate surface area is 103 Å². The maximum Gasteiger partial charge on any atom is 0.472 e. The summed E-state index contributed by atoms with van der Waals surface area (Å²) in [5.41, 5.74) is 0. The van der Waals surface area contributed by atoms with Gasteiger partial charge in [-0.15, -0.1) is 0 Å². The van der Waals surface area contributed by atoms with E-state index < -0.39 is 7.82 Å². The lowest BCUT2D eigenvalue weighted by atomic mass is 10.1. The van der Waals surface area contributed by atoms with Crippen molar-refractivity contribution in [2.75, 3.05) is 47.5 Å². The van der Waals surface area contributed by atoms with Gasteiger partial charge in [-0.1, -0.05) is 6.92 Å². The Bertz CT molecular complexity index is 250. The lowest BCUT2D eigenvalue weighted by molar-refractivity contribution is -0.870. The van der Waals surface area contributed by atoms with Crippen molar-refractivity contribution in [1.82, 2.24) is 0 Å². The Hall–Kier alpha value is 0.0300. The summed E-state index contributed by atoms with van der Waals surface area (Å²) in [5.74, 6) is -0.127. The maximum atomic E-state index is 11.5. The molecule has 17 heavy (non-hydrogen) atoms. The Balaban J connectivity index is 3.92. The average Bonchev–Trinajstić information content (AvgIpc) is 2.16. The van der Waals surface area contributed by atoms with Gasteiger partial charge >= 0.3 is 7.82 Å². The Morgan fingerprint density at radius 1 is 1.29 bits per heavy atom. The second-order valence-electron chi connectivity index (χ2n) is 5.07. The summed E-state index contributed by atoms with van der Waals surface area (Å²) in [5, 5.41) is 8.91. The minimum atomic E-state index is -3.98. The summed E-state index contributed by atoms with van der Waals surface area (Å²) >= 11 is 0. The van der Waals surface area contributed by atoms with E-state index in [-0.39, 0.29) is 25.7 Å². The Kier molecular flexibility index (Phi) is 7.47. The first-order chi connectivity index (χ1) is 7.70. The highest BCUT2D eigenvalue weighted by Crippen LogP contribution is 2.43. The van der Waals surface area contributed by atoms with Crippen molar-refractivity contribution >= 4 is 7.82 Å². The summed E-state index contributed by atoms with van der Waals surface area (Å²) in [6.45, 7) is 2.63. The fourth-order valence-corrected chi connectivity index (χ4v) is 1.75. The van der Waals surface area contributed by atoms with Crippen LogP contribution in [-0.2, 0) is 13.6 Å². The van der Waals surface area contributed by atoms with Gasteiger partial charge in [-0.25, -0.2) is 4.57 Å². The number of rotatable bonds is 9. The monoisotopic (exact) mass is 270 g/mol. The SMILES string of the molecule is CCC(CO)COP(=O)(O)OCC[N+](C)(C)C. The zero-order valence-electron chi connectivity index (χ0n) is 11.1. The molecular formula is C10H25NO5P+. The highest BCUT2D eigenvalue weighted by atomic mass is 31.2. The molecule has 7 heteroatoms. The molecule has 2 atom stereocenters. The predicted octanol–water partition coefficient (Wildman–Crippen LogP) is 0.845. The van der Waals surface area contributed by atoms with Gasteiger partial charge in [-0.3, -0.25) is 9.05 Å². The minimum Gasteiger partial charge on any atom is -0.396 e. The maximum absolute atomic E-state index is 11.5. The molecule has 2 unspecified atom stereocenters. The van der Waals surface area contributed by atoms with E-state index in [0.29, 0.717) is 17.4 Å². The predicted molar refractivity (Wildman–Crippen MR) is 65.5 cm³/mol. The summed E-state index contributed by atoms with van der Waals surface area (Å²) in [6, 6.07) is 0. The first-order valence-electron chi connectivity index (χ1n) is 5.73. The molecule has 0 amide bonds. The second kappa shape index (κ2) is 7.46. The van der Waals surface area contributed by atoms with Crippen molar-refractivity contribution in [1.29, 1.82) is 0 Å². The van der Waals surface area contributed by atoms with E-state index >= 15 is 0 Å². The van der Waals surface area contributed by atoms with Crippen molar-refractivity contribution in [2.24, 2.45) is 5.92 Å². The van der Waals surface area contributed by atoms with Gasteiger partial charge in [-0.05, 0) is 6.42 Å². The van der Waals surface area contributed by atoms with Crippen LogP contribution in [0.1, 0.15) is 13.3 Å². The lowest BCUT2D eigenvalue weighted by Crippen LogP contribution is -2.37. The van der Waals surface area contributed by atoms with Crippen molar-refractivity contribution in [2.45, 2.75) is 13.3 Å². The van der Waals surface area contributed by atoms with Gasteiger partial charge in [0.1, 0.15) is 13.2 Å². The molecule has 0 radical (unpaired) electrons. The van der Waals surface area contributed by atoms with E-state index in [9.17, 15) is 9.46 Å². The molecule has 0 aliphatic rings. The number of quaternary nitrogens is 1.